The molecule has 7 nitrogen and oxygen atoms in total. The van der Waals surface area contributed by atoms with Crippen LogP contribution in [0.1, 0.15) is 56.0 Å². The predicted molar refractivity (Wildman–Crippen MR) is 133 cm³/mol. The standard InChI is InChI=1S/C27H35N5O2/c1-20(2)34-24-12-9-23(10-13-24)19-31-16-15-25-29-30-27(32(25)18-17-31)21(3)28-26(33)14-11-22-7-5-4-6-8-22/h4-10,12-13,20-21H,11,14-19H2,1-3H3,(H,28,33)/t21-/m0/s1. The van der Waals surface area contributed by atoms with Gasteiger partial charge >= 0.3 is 0 Å². The summed E-state index contributed by atoms with van der Waals surface area (Å²) in [5.41, 5.74) is 2.44. The first-order chi connectivity index (χ1) is 16.5. The van der Waals surface area contributed by atoms with E-state index >= 15 is 0 Å². The van der Waals surface area contributed by atoms with E-state index in [2.05, 4.69) is 49.2 Å². The van der Waals surface area contributed by atoms with Crippen LogP contribution in [-0.4, -0.2) is 44.8 Å². The van der Waals surface area contributed by atoms with Crippen molar-refractivity contribution in [1.29, 1.82) is 0 Å². The molecule has 1 N–H and O–H groups in total. The summed E-state index contributed by atoms with van der Waals surface area (Å²) in [7, 11) is 0. The highest BCUT2D eigenvalue weighted by Crippen LogP contribution is 2.19. The van der Waals surface area contributed by atoms with Gasteiger partial charge in [0.1, 0.15) is 11.6 Å². The maximum absolute atomic E-state index is 12.5. The molecule has 0 spiro atoms. The van der Waals surface area contributed by atoms with Crippen molar-refractivity contribution in [2.75, 3.05) is 13.1 Å². The van der Waals surface area contributed by atoms with Gasteiger partial charge in [-0.3, -0.25) is 9.69 Å². The molecule has 4 rings (SSSR count). The third-order valence-corrected chi connectivity index (χ3v) is 6.10. The van der Waals surface area contributed by atoms with Gasteiger partial charge in [-0.05, 0) is 50.5 Å². The minimum atomic E-state index is -0.176. The minimum absolute atomic E-state index is 0.0360. The molecule has 1 aliphatic rings. The van der Waals surface area contributed by atoms with Gasteiger partial charge in [-0.1, -0.05) is 42.5 Å². The second kappa shape index (κ2) is 11.3. The van der Waals surface area contributed by atoms with Crippen LogP contribution in [0.5, 0.6) is 5.75 Å². The molecule has 3 aromatic rings. The lowest BCUT2D eigenvalue weighted by molar-refractivity contribution is -0.121. The first kappa shape index (κ1) is 24.0. The fourth-order valence-corrected chi connectivity index (χ4v) is 4.35. The SMILES string of the molecule is CC(C)Oc1ccc(CN2CCc3nnc([C@H](C)NC(=O)CCc4ccccc4)n3CC2)cc1. The molecule has 0 radical (unpaired) electrons. The van der Waals surface area contributed by atoms with Crippen LogP contribution >= 0.6 is 0 Å². The van der Waals surface area contributed by atoms with E-state index in [-0.39, 0.29) is 18.1 Å². The van der Waals surface area contributed by atoms with Gasteiger partial charge in [0.2, 0.25) is 5.91 Å². The molecule has 0 saturated heterocycles. The van der Waals surface area contributed by atoms with Crippen molar-refractivity contribution in [1.82, 2.24) is 25.0 Å². The normalized spacial score (nSPS) is 14.9. The van der Waals surface area contributed by atoms with E-state index in [1.807, 2.05) is 51.1 Å². The smallest absolute Gasteiger partial charge is 0.220 e. The van der Waals surface area contributed by atoms with Crippen molar-refractivity contribution in [2.45, 2.75) is 65.3 Å². The van der Waals surface area contributed by atoms with Crippen LogP contribution in [0.4, 0.5) is 0 Å². The average Bonchev–Trinajstić information content (AvgIpc) is 3.14. The second-order valence-corrected chi connectivity index (χ2v) is 9.24. The Morgan fingerprint density at radius 2 is 1.74 bits per heavy atom. The first-order valence-corrected chi connectivity index (χ1v) is 12.2. The number of carbonyl (C=O) groups is 1. The fraction of sp³-hybridized carbons (Fsp3) is 0.444. The molecule has 180 valence electrons. The second-order valence-electron chi connectivity index (χ2n) is 9.24. The largest absolute Gasteiger partial charge is 0.491 e. The van der Waals surface area contributed by atoms with Gasteiger partial charge in [-0.2, -0.15) is 0 Å². The topological polar surface area (TPSA) is 72.3 Å². The van der Waals surface area contributed by atoms with Crippen molar-refractivity contribution in [3.05, 3.63) is 77.4 Å². The number of nitrogens with one attached hydrogen (secondary N) is 1. The summed E-state index contributed by atoms with van der Waals surface area (Å²) in [6.07, 6.45) is 2.22. The van der Waals surface area contributed by atoms with Crippen LogP contribution in [-0.2, 0) is 30.7 Å². The number of aryl methyl sites for hydroxylation is 1. The Hall–Kier alpha value is -3.19. The zero-order valence-electron chi connectivity index (χ0n) is 20.4. The lowest BCUT2D eigenvalue weighted by atomic mass is 10.1. The summed E-state index contributed by atoms with van der Waals surface area (Å²) in [4.78, 5) is 15.0. The monoisotopic (exact) mass is 461 g/mol. The Labute approximate surface area is 202 Å². The van der Waals surface area contributed by atoms with Crippen molar-refractivity contribution >= 4 is 5.91 Å². The number of benzene rings is 2. The van der Waals surface area contributed by atoms with E-state index in [0.717, 1.165) is 56.4 Å². The third-order valence-electron chi connectivity index (χ3n) is 6.10. The fourth-order valence-electron chi connectivity index (χ4n) is 4.35. The minimum Gasteiger partial charge on any atom is -0.491 e. The van der Waals surface area contributed by atoms with E-state index in [0.29, 0.717) is 6.42 Å². The molecule has 34 heavy (non-hydrogen) atoms. The average molecular weight is 462 g/mol. The summed E-state index contributed by atoms with van der Waals surface area (Å²) in [6, 6.07) is 18.3. The zero-order valence-corrected chi connectivity index (χ0v) is 20.4. The molecule has 1 aliphatic heterocycles. The number of nitrogens with zero attached hydrogens (tertiary/aromatic N) is 4. The van der Waals surface area contributed by atoms with E-state index < -0.39 is 0 Å². The molecule has 1 atom stereocenters. The molecule has 0 unspecified atom stereocenters. The maximum Gasteiger partial charge on any atom is 0.220 e. The Bertz CT molecular complexity index is 1060. The molecule has 0 saturated carbocycles. The van der Waals surface area contributed by atoms with Crippen molar-refractivity contribution < 1.29 is 9.53 Å². The van der Waals surface area contributed by atoms with Crippen LogP contribution in [0.3, 0.4) is 0 Å². The van der Waals surface area contributed by atoms with Crippen LogP contribution in [0.25, 0.3) is 0 Å². The molecule has 7 heteroatoms. The summed E-state index contributed by atoms with van der Waals surface area (Å²) >= 11 is 0. The Kier molecular flexibility index (Phi) is 7.95. The Balaban J connectivity index is 1.30. The number of aromatic nitrogens is 3. The number of carbonyl (C=O) groups excluding carboxylic acids is 1. The summed E-state index contributed by atoms with van der Waals surface area (Å²) in [5.74, 6) is 2.77. The van der Waals surface area contributed by atoms with E-state index in [1.54, 1.807) is 0 Å². The number of rotatable bonds is 9. The summed E-state index contributed by atoms with van der Waals surface area (Å²) in [5, 5.41) is 12.0. The molecule has 1 aromatic heterocycles. The third kappa shape index (κ3) is 6.44. The number of fused-ring (bicyclic) bond motifs is 1. The Morgan fingerprint density at radius 1 is 0.971 bits per heavy atom. The van der Waals surface area contributed by atoms with Gasteiger partial charge in [0.05, 0.1) is 12.1 Å². The lowest BCUT2D eigenvalue weighted by Gasteiger charge is -2.20. The van der Waals surface area contributed by atoms with Crippen molar-refractivity contribution in [3.63, 3.8) is 0 Å². The highest BCUT2D eigenvalue weighted by atomic mass is 16.5. The highest BCUT2D eigenvalue weighted by molar-refractivity contribution is 5.76. The van der Waals surface area contributed by atoms with Gasteiger partial charge in [0.15, 0.2) is 5.82 Å². The van der Waals surface area contributed by atoms with Crippen LogP contribution in [0, 0.1) is 0 Å². The summed E-state index contributed by atoms with van der Waals surface area (Å²) in [6.45, 7) is 9.61. The van der Waals surface area contributed by atoms with Crippen LogP contribution < -0.4 is 10.1 Å². The first-order valence-electron chi connectivity index (χ1n) is 12.2. The van der Waals surface area contributed by atoms with Gasteiger partial charge in [0.25, 0.3) is 0 Å². The zero-order chi connectivity index (χ0) is 23.9. The Morgan fingerprint density at radius 3 is 2.47 bits per heavy atom. The van der Waals surface area contributed by atoms with E-state index in [4.69, 9.17) is 4.74 Å². The van der Waals surface area contributed by atoms with E-state index in [1.165, 1.54) is 11.1 Å². The molecule has 2 aromatic carbocycles. The van der Waals surface area contributed by atoms with Gasteiger partial charge < -0.3 is 14.6 Å². The molecule has 0 bridgehead atoms. The molecule has 1 amide bonds. The summed E-state index contributed by atoms with van der Waals surface area (Å²) < 4.78 is 7.93. The number of amides is 1. The number of hydrogen-bond donors (Lipinski definition) is 1. The van der Waals surface area contributed by atoms with Crippen LogP contribution in [0.2, 0.25) is 0 Å². The molecule has 0 aliphatic carbocycles. The van der Waals surface area contributed by atoms with Crippen molar-refractivity contribution in [3.8, 4) is 5.75 Å². The maximum atomic E-state index is 12.5. The molecular weight excluding hydrogens is 426 g/mol. The predicted octanol–water partition coefficient (Wildman–Crippen LogP) is 3.93. The molecular formula is C27H35N5O2. The molecule has 2 heterocycles. The van der Waals surface area contributed by atoms with Gasteiger partial charge in [0, 0.05) is 39.0 Å². The van der Waals surface area contributed by atoms with Gasteiger partial charge in [-0.25, -0.2) is 0 Å². The highest BCUT2D eigenvalue weighted by Gasteiger charge is 2.22. The van der Waals surface area contributed by atoms with E-state index in [9.17, 15) is 4.79 Å². The quantitative estimate of drug-likeness (QED) is 0.523. The van der Waals surface area contributed by atoms with Crippen molar-refractivity contribution in [2.24, 2.45) is 0 Å². The molecule has 0 fully saturated rings. The van der Waals surface area contributed by atoms with Gasteiger partial charge in [-0.15, -0.1) is 10.2 Å². The number of hydrogen-bond acceptors (Lipinski definition) is 5. The lowest BCUT2D eigenvalue weighted by Crippen LogP contribution is -2.30. The number of ether oxygens (including phenoxy) is 1. The van der Waals surface area contributed by atoms with Crippen LogP contribution in [0.15, 0.2) is 54.6 Å².